The molecule has 0 amide bonds. The minimum atomic E-state index is 0.506. The third kappa shape index (κ3) is 2.32. The number of benzene rings is 1. The second-order valence-corrected chi connectivity index (χ2v) is 4.58. The molecule has 0 atom stereocenters. The van der Waals surface area contributed by atoms with Gasteiger partial charge in [0, 0.05) is 36.8 Å². The molecule has 0 unspecified atom stereocenters. The van der Waals surface area contributed by atoms with Crippen molar-refractivity contribution >= 4 is 17.5 Å². The Labute approximate surface area is 110 Å². The van der Waals surface area contributed by atoms with Crippen molar-refractivity contribution in [3.05, 3.63) is 29.3 Å². The molecule has 0 bridgehead atoms. The summed E-state index contributed by atoms with van der Waals surface area (Å²) in [5, 5.41) is 7.96. The van der Waals surface area contributed by atoms with Crippen molar-refractivity contribution in [2.45, 2.75) is 0 Å². The summed E-state index contributed by atoms with van der Waals surface area (Å²) in [5.41, 5.74) is 0.844. The largest absolute Gasteiger partial charge is 0.336 e. The van der Waals surface area contributed by atoms with Crippen LogP contribution in [0.3, 0.4) is 0 Å². The summed E-state index contributed by atoms with van der Waals surface area (Å²) in [7, 11) is 0. The Morgan fingerprint density at radius 2 is 2.11 bits per heavy atom. The highest BCUT2D eigenvalue weighted by Gasteiger charge is 2.17. The van der Waals surface area contributed by atoms with Gasteiger partial charge in [-0.1, -0.05) is 17.7 Å². The molecule has 18 heavy (non-hydrogen) atoms. The maximum Gasteiger partial charge on any atom is 0.266 e. The molecule has 0 radical (unpaired) electrons. The van der Waals surface area contributed by atoms with Gasteiger partial charge in [0.25, 0.3) is 11.8 Å². The van der Waals surface area contributed by atoms with Crippen LogP contribution in [-0.2, 0) is 0 Å². The monoisotopic (exact) mass is 264 g/mol. The van der Waals surface area contributed by atoms with Crippen LogP contribution in [0.25, 0.3) is 11.5 Å². The molecule has 5 nitrogen and oxygen atoms in total. The van der Waals surface area contributed by atoms with Crippen molar-refractivity contribution in [3.63, 3.8) is 0 Å². The molecule has 0 saturated carbocycles. The normalized spacial score (nSPS) is 15.9. The number of piperazine rings is 1. The number of rotatable bonds is 2. The van der Waals surface area contributed by atoms with Gasteiger partial charge >= 0.3 is 0 Å². The van der Waals surface area contributed by atoms with Gasteiger partial charge in [-0.25, -0.2) is 0 Å². The lowest BCUT2D eigenvalue weighted by Crippen LogP contribution is -2.44. The second kappa shape index (κ2) is 4.96. The lowest BCUT2D eigenvalue weighted by Gasteiger charge is -2.25. The smallest absolute Gasteiger partial charge is 0.266 e. The van der Waals surface area contributed by atoms with E-state index in [1.165, 1.54) is 0 Å². The molecule has 2 heterocycles. The van der Waals surface area contributed by atoms with Gasteiger partial charge in [0.1, 0.15) is 0 Å². The topological polar surface area (TPSA) is 54.2 Å². The van der Waals surface area contributed by atoms with Gasteiger partial charge in [-0.05, 0) is 23.4 Å². The van der Waals surface area contributed by atoms with E-state index in [0.717, 1.165) is 31.7 Å². The van der Waals surface area contributed by atoms with E-state index in [2.05, 4.69) is 20.4 Å². The maximum absolute atomic E-state index is 5.94. The number of nitrogens with zero attached hydrogens (tertiary/aromatic N) is 3. The number of anilines is 1. The lowest BCUT2D eigenvalue weighted by atomic mass is 10.2. The zero-order valence-corrected chi connectivity index (χ0v) is 10.5. The third-order valence-corrected chi connectivity index (χ3v) is 3.12. The molecule has 1 aliphatic heterocycles. The summed E-state index contributed by atoms with van der Waals surface area (Å²) < 4.78 is 5.28. The number of nitrogens with one attached hydrogen (secondary N) is 1. The van der Waals surface area contributed by atoms with Gasteiger partial charge in [0.2, 0.25) is 0 Å². The quantitative estimate of drug-likeness (QED) is 0.896. The van der Waals surface area contributed by atoms with Gasteiger partial charge in [-0.15, -0.1) is 0 Å². The minimum absolute atomic E-state index is 0.506. The fourth-order valence-corrected chi connectivity index (χ4v) is 2.14. The molecule has 0 spiro atoms. The van der Waals surface area contributed by atoms with Gasteiger partial charge < -0.3 is 14.7 Å². The molecule has 2 aromatic rings. The summed E-state index contributed by atoms with van der Waals surface area (Å²) >= 11 is 5.94. The molecule has 6 heteroatoms. The Bertz CT molecular complexity index is 536. The zero-order chi connectivity index (χ0) is 12.4. The first-order valence-electron chi connectivity index (χ1n) is 5.88. The van der Waals surface area contributed by atoms with E-state index in [1.54, 1.807) is 0 Å². The Hall–Kier alpha value is -1.59. The average Bonchev–Trinajstić information content (AvgIpc) is 2.89. The van der Waals surface area contributed by atoms with Crippen molar-refractivity contribution in [1.82, 2.24) is 15.5 Å². The highest BCUT2D eigenvalue weighted by atomic mass is 35.5. The van der Waals surface area contributed by atoms with E-state index in [1.807, 2.05) is 24.3 Å². The van der Waals surface area contributed by atoms with Crippen LogP contribution in [-0.4, -0.2) is 36.3 Å². The summed E-state index contributed by atoms with van der Waals surface area (Å²) in [6.45, 7) is 3.69. The standard InChI is InChI=1S/C12H13ClN4O/c13-10-3-1-2-9(8-10)11-15-12(16-18-11)17-6-4-14-5-7-17/h1-3,8,14H,4-7H2. The number of hydrogen-bond donors (Lipinski definition) is 1. The zero-order valence-electron chi connectivity index (χ0n) is 9.77. The molecule has 1 N–H and O–H groups in total. The van der Waals surface area contributed by atoms with Crippen LogP contribution in [0.4, 0.5) is 5.95 Å². The Balaban J connectivity index is 1.84. The molecule has 1 aromatic carbocycles. The molecule has 1 fully saturated rings. The van der Waals surface area contributed by atoms with Crippen LogP contribution in [0.5, 0.6) is 0 Å². The van der Waals surface area contributed by atoms with Crippen molar-refractivity contribution < 1.29 is 4.52 Å². The first-order chi connectivity index (χ1) is 8.83. The van der Waals surface area contributed by atoms with Crippen LogP contribution in [0.2, 0.25) is 5.02 Å². The van der Waals surface area contributed by atoms with Gasteiger partial charge in [-0.2, -0.15) is 4.98 Å². The number of aromatic nitrogens is 2. The molecule has 0 aliphatic carbocycles. The number of hydrogen-bond acceptors (Lipinski definition) is 5. The van der Waals surface area contributed by atoms with Gasteiger partial charge in [0.15, 0.2) is 0 Å². The molecule has 1 saturated heterocycles. The highest BCUT2D eigenvalue weighted by molar-refractivity contribution is 6.30. The van der Waals surface area contributed by atoms with E-state index >= 15 is 0 Å². The van der Waals surface area contributed by atoms with Crippen molar-refractivity contribution in [2.75, 3.05) is 31.1 Å². The summed E-state index contributed by atoms with van der Waals surface area (Å²) in [6.07, 6.45) is 0. The highest BCUT2D eigenvalue weighted by Crippen LogP contribution is 2.23. The van der Waals surface area contributed by atoms with E-state index in [9.17, 15) is 0 Å². The summed E-state index contributed by atoms with van der Waals surface area (Å²) in [5.74, 6) is 1.15. The van der Waals surface area contributed by atoms with Crippen molar-refractivity contribution in [3.8, 4) is 11.5 Å². The molecule has 3 rings (SSSR count). The first kappa shape index (κ1) is 11.5. The van der Waals surface area contributed by atoms with Crippen LogP contribution in [0, 0.1) is 0 Å². The van der Waals surface area contributed by atoms with Gasteiger partial charge in [0.05, 0.1) is 0 Å². The minimum Gasteiger partial charge on any atom is -0.336 e. The second-order valence-electron chi connectivity index (χ2n) is 4.15. The molecule has 1 aromatic heterocycles. The van der Waals surface area contributed by atoms with Crippen molar-refractivity contribution in [2.24, 2.45) is 0 Å². The molecule has 94 valence electrons. The number of halogens is 1. The average molecular weight is 265 g/mol. The lowest BCUT2D eigenvalue weighted by molar-refractivity contribution is 0.427. The van der Waals surface area contributed by atoms with Crippen LogP contribution >= 0.6 is 11.6 Å². The van der Waals surface area contributed by atoms with Crippen LogP contribution in [0.1, 0.15) is 0 Å². The molecular formula is C12H13ClN4O. The van der Waals surface area contributed by atoms with Crippen LogP contribution < -0.4 is 10.2 Å². The predicted molar refractivity (Wildman–Crippen MR) is 69.8 cm³/mol. The fraction of sp³-hybridized carbons (Fsp3) is 0.333. The summed E-state index contributed by atoms with van der Waals surface area (Å²) in [6, 6.07) is 7.41. The van der Waals surface area contributed by atoms with Crippen LogP contribution in [0.15, 0.2) is 28.8 Å². The molecular weight excluding hydrogens is 252 g/mol. The predicted octanol–water partition coefficient (Wildman–Crippen LogP) is 1.80. The third-order valence-electron chi connectivity index (χ3n) is 2.89. The van der Waals surface area contributed by atoms with Gasteiger partial charge in [-0.3, -0.25) is 0 Å². The Morgan fingerprint density at radius 1 is 1.28 bits per heavy atom. The van der Waals surface area contributed by atoms with E-state index in [0.29, 0.717) is 16.9 Å². The fourth-order valence-electron chi connectivity index (χ4n) is 1.95. The first-order valence-corrected chi connectivity index (χ1v) is 6.26. The van der Waals surface area contributed by atoms with Crippen molar-refractivity contribution in [1.29, 1.82) is 0 Å². The van der Waals surface area contributed by atoms with E-state index in [-0.39, 0.29) is 0 Å². The Morgan fingerprint density at radius 3 is 2.89 bits per heavy atom. The maximum atomic E-state index is 5.94. The Kier molecular flexibility index (Phi) is 3.17. The van der Waals surface area contributed by atoms with E-state index in [4.69, 9.17) is 16.1 Å². The summed E-state index contributed by atoms with van der Waals surface area (Å²) in [4.78, 5) is 6.51. The molecule has 1 aliphatic rings. The SMILES string of the molecule is Clc1cccc(-c2nc(N3CCNCC3)no2)c1. The van der Waals surface area contributed by atoms with E-state index < -0.39 is 0 Å².